The molecule has 1 N–H and O–H groups in total. The molecule has 9 nitrogen and oxygen atoms in total. The Morgan fingerprint density at radius 1 is 1.08 bits per heavy atom. The van der Waals surface area contributed by atoms with Crippen LogP contribution in [0.15, 0.2) is 40.6 Å². The number of rotatable bonds is 9. The van der Waals surface area contributed by atoms with E-state index >= 15 is 0 Å². The average molecular weight is 511 g/mol. The maximum absolute atomic E-state index is 13.2. The van der Waals surface area contributed by atoms with Gasteiger partial charge in [-0.25, -0.2) is 4.90 Å². The smallest absolute Gasteiger partial charge is 0.251 e. The van der Waals surface area contributed by atoms with Crippen molar-refractivity contribution in [1.82, 2.24) is 9.80 Å². The number of aliphatic hydroxyl groups is 1. The first kappa shape index (κ1) is 27.0. The highest BCUT2D eigenvalue weighted by Gasteiger charge is 2.43. The Balaban J connectivity index is 1.25. The van der Waals surface area contributed by atoms with E-state index in [4.69, 9.17) is 4.74 Å². The minimum absolute atomic E-state index is 0.0586. The predicted molar refractivity (Wildman–Crippen MR) is 142 cm³/mol. The van der Waals surface area contributed by atoms with E-state index in [9.17, 15) is 19.5 Å². The summed E-state index contributed by atoms with van der Waals surface area (Å²) in [5.74, 6) is 0.455. The molecule has 9 heteroatoms. The number of carbonyl (C=O) groups is 3. The molecular weight excluding hydrogens is 472 g/mol. The van der Waals surface area contributed by atoms with Gasteiger partial charge in [-0.3, -0.25) is 29.2 Å². The molecule has 0 saturated carbocycles. The third-order valence-electron chi connectivity index (χ3n) is 7.20. The fraction of sp³-hybridized carbons (Fsp3) is 0.571. The predicted octanol–water partition coefficient (Wildman–Crippen LogP) is 3.00. The van der Waals surface area contributed by atoms with E-state index < -0.39 is 6.04 Å². The summed E-state index contributed by atoms with van der Waals surface area (Å²) in [4.78, 5) is 48.2. The van der Waals surface area contributed by atoms with Gasteiger partial charge < -0.3 is 9.84 Å². The molecule has 3 aliphatic rings. The van der Waals surface area contributed by atoms with E-state index in [1.165, 1.54) is 11.1 Å². The number of benzene rings is 1. The van der Waals surface area contributed by atoms with Crippen LogP contribution in [0.5, 0.6) is 5.75 Å². The molecule has 0 unspecified atom stereocenters. The molecule has 2 fully saturated rings. The van der Waals surface area contributed by atoms with Crippen LogP contribution in [0.25, 0.3) is 0 Å². The second-order valence-electron chi connectivity index (χ2n) is 10.8. The number of piperazine rings is 1. The molecule has 1 aromatic rings. The van der Waals surface area contributed by atoms with Crippen LogP contribution in [0.2, 0.25) is 0 Å². The Labute approximate surface area is 218 Å². The molecule has 4 rings (SSSR count). The highest BCUT2D eigenvalue weighted by Crippen LogP contribution is 2.35. The topological polar surface area (TPSA) is 103 Å². The zero-order valence-electron chi connectivity index (χ0n) is 22.1. The van der Waals surface area contributed by atoms with Crippen LogP contribution in [0.3, 0.4) is 0 Å². The Morgan fingerprint density at radius 2 is 1.78 bits per heavy atom. The number of hydrogen-bond acceptors (Lipinski definition) is 8. The zero-order chi connectivity index (χ0) is 26.6. The summed E-state index contributed by atoms with van der Waals surface area (Å²) in [7, 11) is 0. The van der Waals surface area contributed by atoms with Crippen LogP contribution in [-0.2, 0) is 14.4 Å². The quantitative estimate of drug-likeness (QED) is 0.402. The van der Waals surface area contributed by atoms with Gasteiger partial charge in [0.1, 0.15) is 11.5 Å². The first-order valence-electron chi connectivity index (χ1n) is 13.2. The van der Waals surface area contributed by atoms with Gasteiger partial charge in [-0.2, -0.15) is 0 Å². The Kier molecular flexibility index (Phi) is 8.44. The molecule has 2 amide bonds. The maximum Gasteiger partial charge on any atom is 0.251 e. The number of aliphatic hydroxyl groups excluding tert-OH is 1. The van der Waals surface area contributed by atoms with Crippen LogP contribution in [0, 0.1) is 5.41 Å². The number of amides is 2. The standard InChI is InChI=1S/C28H38N4O5/c1-4-15-37-21-7-5-20(6-8-21)32-26(35)16-23(27(32)36)31-13-11-30(12-14-31)10-9-29-19-22-24(33)17-28(2,3)18-25(22)34/h5-8,19,23,33H,4,9-18H2,1-3H3/t23-/m1/s1. The van der Waals surface area contributed by atoms with Gasteiger partial charge in [-0.15, -0.1) is 0 Å². The summed E-state index contributed by atoms with van der Waals surface area (Å²) in [6.07, 6.45) is 3.53. The first-order valence-corrected chi connectivity index (χ1v) is 13.2. The lowest BCUT2D eigenvalue weighted by Gasteiger charge is -2.36. The SMILES string of the molecule is CCCOc1ccc(N2C(=O)C[C@@H](N3CCN(CCN=CC4=C(O)CC(C)(C)CC4=O)CC3)C2=O)cc1. The molecule has 2 aliphatic heterocycles. The molecule has 1 aliphatic carbocycles. The van der Waals surface area contributed by atoms with Gasteiger partial charge >= 0.3 is 0 Å². The summed E-state index contributed by atoms with van der Waals surface area (Å²) in [6.45, 7) is 10.8. The molecular formula is C28H38N4O5. The number of ketones is 1. The van der Waals surface area contributed by atoms with E-state index in [-0.39, 0.29) is 35.2 Å². The largest absolute Gasteiger partial charge is 0.511 e. The Morgan fingerprint density at radius 3 is 2.43 bits per heavy atom. The number of ether oxygens (including phenoxy) is 1. The van der Waals surface area contributed by atoms with Crippen LogP contribution in [0.1, 0.15) is 46.5 Å². The van der Waals surface area contributed by atoms with Gasteiger partial charge in [-0.1, -0.05) is 20.8 Å². The van der Waals surface area contributed by atoms with Gasteiger partial charge in [0, 0.05) is 51.8 Å². The van der Waals surface area contributed by atoms with E-state index in [1.54, 1.807) is 24.3 Å². The third kappa shape index (κ3) is 6.45. The molecule has 200 valence electrons. The van der Waals surface area contributed by atoms with Crippen molar-refractivity contribution in [3.63, 3.8) is 0 Å². The van der Waals surface area contributed by atoms with E-state index in [1.807, 2.05) is 20.8 Å². The normalized spacial score (nSPS) is 23.5. The fourth-order valence-electron chi connectivity index (χ4n) is 5.19. The minimum Gasteiger partial charge on any atom is -0.511 e. The van der Waals surface area contributed by atoms with Crippen molar-refractivity contribution in [3.8, 4) is 5.75 Å². The van der Waals surface area contributed by atoms with E-state index in [0.29, 0.717) is 50.3 Å². The summed E-state index contributed by atoms with van der Waals surface area (Å²) < 4.78 is 5.60. The van der Waals surface area contributed by atoms with Crippen LogP contribution >= 0.6 is 0 Å². The number of allylic oxidation sites excluding steroid dienone is 2. The number of aliphatic imine (C=N–C) groups is 1. The molecule has 0 spiro atoms. The molecule has 0 aromatic heterocycles. The highest BCUT2D eigenvalue weighted by atomic mass is 16.5. The lowest BCUT2D eigenvalue weighted by molar-refractivity contribution is -0.123. The van der Waals surface area contributed by atoms with Crippen molar-refractivity contribution in [2.45, 2.75) is 52.5 Å². The molecule has 0 bridgehead atoms. The summed E-state index contributed by atoms with van der Waals surface area (Å²) in [5.41, 5.74) is 0.703. The van der Waals surface area contributed by atoms with E-state index in [0.717, 1.165) is 31.8 Å². The molecule has 2 saturated heterocycles. The van der Waals surface area contributed by atoms with Crippen LogP contribution in [-0.4, -0.2) is 90.6 Å². The highest BCUT2D eigenvalue weighted by molar-refractivity contribution is 6.22. The number of hydrogen-bond donors (Lipinski definition) is 1. The third-order valence-corrected chi connectivity index (χ3v) is 7.20. The summed E-state index contributed by atoms with van der Waals surface area (Å²) in [6, 6.07) is 6.68. The molecule has 1 atom stereocenters. The van der Waals surface area contributed by atoms with Crippen molar-refractivity contribution in [2.75, 3.05) is 50.8 Å². The van der Waals surface area contributed by atoms with Gasteiger partial charge in [0.2, 0.25) is 5.91 Å². The number of imide groups is 1. The van der Waals surface area contributed by atoms with Crippen molar-refractivity contribution in [3.05, 3.63) is 35.6 Å². The number of anilines is 1. The van der Waals surface area contributed by atoms with Crippen molar-refractivity contribution >= 4 is 29.5 Å². The van der Waals surface area contributed by atoms with Crippen molar-refractivity contribution in [1.29, 1.82) is 0 Å². The van der Waals surface area contributed by atoms with Crippen LogP contribution in [0.4, 0.5) is 5.69 Å². The molecule has 1 aromatic carbocycles. The molecule has 0 radical (unpaired) electrons. The number of carbonyl (C=O) groups excluding carboxylic acids is 3. The van der Waals surface area contributed by atoms with Gasteiger partial charge in [0.05, 0.1) is 36.9 Å². The number of Topliss-reactive ketones (excluding diaryl/α,β-unsaturated/α-hetero) is 1. The fourth-order valence-corrected chi connectivity index (χ4v) is 5.19. The number of nitrogens with zero attached hydrogens (tertiary/aromatic N) is 4. The van der Waals surface area contributed by atoms with Gasteiger partial charge in [-0.05, 0) is 36.1 Å². The second kappa shape index (κ2) is 11.6. The first-order chi connectivity index (χ1) is 17.7. The lowest BCUT2D eigenvalue weighted by Crippen LogP contribution is -2.52. The molecule has 37 heavy (non-hydrogen) atoms. The van der Waals surface area contributed by atoms with Gasteiger partial charge in [0.25, 0.3) is 5.91 Å². The minimum atomic E-state index is -0.430. The van der Waals surface area contributed by atoms with Crippen molar-refractivity contribution < 1.29 is 24.2 Å². The van der Waals surface area contributed by atoms with Gasteiger partial charge in [0.15, 0.2) is 5.78 Å². The second-order valence-corrected chi connectivity index (χ2v) is 10.8. The van der Waals surface area contributed by atoms with Crippen molar-refractivity contribution in [2.24, 2.45) is 10.4 Å². The Hall–Kier alpha value is -3.04. The summed E-state index contributed by atoms with van der Waals surface area (Å²) >= 11 is 0. The van der Waals surface area contributed by atoms with E-state index in [2.05, 4.69) is 14.8 Å². The lowest BCUT2D eigenvalue weighted by atomic mass is 9.77. The Bertz CT molecular complexity index is 1070. The monoisotopic (exact) mass is 510 g/mol. The average Bonchev–Trinajstić information content (AvgIpc) is 3.15. The zero-order valence-corrected chi connectivity index (χ0v) is 22.1. The van der Waals surface area contributed by atoms with Crippen LogP contribution < -0.4 is 9.64 Å². The molecule has 2 heterocycles. The summed E-state index contributed by atoms with van der Waals surface area (Å²) in [5, 5.41) is 10.2. The maximum atomic E-state index is 13.2.